The Bertz CT molecular complexity index is 1950. The first-order valence-electron chi connectivity index (χ1n) is 15.6. The van der Waals surface area contributed by atoms with Gasteiger partial charge in [-0.1, -0.05) is 31.2 Å². The van der Waals surface area contributed by atoms with Gasteiger partial charge in [-0.3, -0.25) is 9.78 Å². The summed E-state index contributed by atoms with van der Waals surface area (Å²) in [5.74, 6) is 0.125. The number of anilines is 2. The molecule has 0 saturated heterocycles. The van der Waals surface area contributed by atoms with Crippen molar-refractivity contribution in [1.29, 1.82) is 0 Å². The Balaban J connectivity index is 1.31. The Morgan fingerprint density at radius 2 is 1.75 bits per heavy atom. The number of benzene rings is 3. The van der Waals surface area contributed by atoms with E-state index in [1.165, 1.54) is 23.5 Å². The lowest BCUT2D eigenvalue weighted by Gasteiger charge is -2.38. The van der Waals surface area contributed by atoms with E-state index in [0.717, 1.165) is 5.39 Å². The molecule has 14 heteroatoms. The second kappa shape index (κ2) is 13.7. The smallest absolute Gasteiger partial charge is 0.323 e. The summed E-state index contributed by atoms with van der Waals surface area (Å²) in [6.45, 7) is 4.09. The molecule has 2 aliphatic heterocycles. The number of likely N-dealkylation sites (N-methyl/N-ethyl adjacent to an activating group) is 1. The van der Waals surface area contributed by atoms with Gasteiger partial charge in [0.2, 0.25) is 10.0 Å². The molecule has 252 valence electrons. The summed E-state index contributed by atoms with van der Waals surface area (Å²) in [5, 5.41) is 16.5. The number of carbonyl (C=O) groups is 2. The highest BCUT2D eigenvalue weighted by molar-refractivity contribution is 7.89. The number of urea groups is 1. The normalized spacial score (nSPS) is 18.4. The summed E-state index contributed by atoms with van der Waals surface area (Å²) in [6, 6.07) is 17.2. The van der Waals surface area contributed by atoms with Crippen molar-refractivity contribution in [2.75, 3.05) is 50.6 Å². The fourth-order valence-electron chi connectivity index (χ4n) is 5.76. The number of amides is 3. The maximum absolute atomic E-state index is 13.9. The van der Waals surface area contributed by atoms with Gasteiger partial charge in [-0.05, 0) is 43.3 Å². The molecule has 3 aromatic carbocycles. The fourth-order valence-corrected chi connectivity index (χ4v) is 6.96. The van der Waals surface area contributed by atoms with Crippen molar-refractivity contribution in [1.82, 2.24) is 14.2 Å². The number of carbonyl (C=O) groups excluding carboxylic acids is 2. The number of sulfonamides is 1. The summed E-state index contributed by atoms with van der Waals surface area (Å²) in [4.78, 5) is 33.2. The molecule has 3 atom stereocenters. The molecule has 3 heterocycles. The van der Waals surface area contributed by atoms with Gasteiger partial charge in [-0.2, -0.15) is 4.31 Å². The predicted octanol–water partition coefficient (Wildman–Crippen LogP) is 4.19. The molecule has 0 aliphatic carbocycles. The van der Waals surface area contributed by atoms with Gasteiger partial charge >= 0.3 is 6.03 Å². The van der Waals surface area contributed by atoms with E-state index >= 15 is 0 Å². The lowest BCUT2D eigenvalue weighted by Crippen LogP contribution is -2.50. The van der Waals surface area contributed by atoms with Crippen molar-refractivity contribution in [3.63, 3.8) is 0 Å². The second-order valence-electron chi connectivity index (χ2n) is 11.9. The van der Waals surface area contributed by atoms with Gasteiger partial charge in [0.15, 0.2) is 17.2 Å². The van der Waals surface area contributed by atoms with Gasteiger partial charge in [0.1, 0.15) is 19.3 Å². The first-order chi connectivity index (χ1) is 23.1. The lowest BCUT2D eigenvalue weighted by molar-refractivity contribution is 0.0389. The number of aliphatic hydroxyl groups is 1. The number of nitrogens with zero attached hydrogens (tertiary/aromatic N) is 3. The van der Waals surface area contributed by atoms with Crippen LogP contribution in [0.1, 0.15) is 24.2 Å². The van der Waals surface area contributed by atoms with Crippen LogP contribution in [-0.2, 0) is 10.0 Å². The monoisotopic (exact) mass is 675 g/mol. The highest BCUT2D eigenvalue weighted by Gasteiger charge is 2.36. The highest BCUT2D eigenvalue weighted by atomic mass is 32.2. The van der Waals surface area contributed by atoms with E-state index in [9.17, 15) is 23.1 Å². The van der Waals surface area contributed by atoms with Gasteiger partial charge in [0, 0.05) is 37.2 Å². The molecule has 3 N–H and O–H groups in total. The molecule has 0 saturated carbocycles. The SMILES string of the molecule is C[C@@H]1CN([C@@H](C)CO)C(=O)c2cccc(NC(=O)Nc3cccc4cccnc34)c2O[C@H]1CN(C)S(=O)(=O)c1ccc2c(c1)OCCO2. The molecule has 1 aromatic heterocycles. The van der Waals surface area contributed by atoms with Crippen LogP contribution in [0.3, 0.4) is 0 Å². The molecular formula is C34H37N5O8S. The van der Waals surface area contributed by atoms with Crippen LogP contribution in [0.5, 0.6) is 17.2 Å². The van der Waals surface area contributed by atoms with Crippen LogP contribution >= 0.6 is 0 Å². The van der Waals surface area contributed by atoms with Crippen LogP contribution in [0.25, 0.3) is 10.9 Å². The molecule has 48 heavy (non-hydrogen) atoms. The molecule has 3 amide bonds. The zero-order chi connectivity index (χ0) is 34.0. The highest BCUT2D eigenvalue weighted by Crippen LogP contribution is 2.36. The first kappa shape index (κ1) is 33.0. The Labute approximate surface area is 278 Å². The maximum atomic E-state index is 13.9. The molecule has 0 fully saturated rings. The van der Waals surface area contributed by atoms with Crippen molar-refractivity contribution in [3.8, 4) is 17.2 Å². The number of hydrogen-bond donors (Lipinski definition) is 3. The number of hydrogen-bond acceptors (Lipinski definition) is 9. The number of fused-ring (bicyclic) bond motifs is 3. The molecule has 13 nitrogen and oxygen atoms in total. The average Bonchev–Trinajstić information content (AvgIpc) is 3.09. The van der Waals surface area contributed by atoms with Crippen molar-refractivity contribution < 1.29 is 37.3 Å². The third kappa shape index (κ3) is 6.59. The number of aliphatic hydroxyl groups excluding tert-OH is 1. The van der Waals surface area contributed by atoms with Crippen LogP contribution in [0.15, 0.2) is 77.8 Å². The van der Waals surface area contributed by atoms with Gasteiger partial charge in [-0.25, -0.2) is 13.2 Å². The molecule has 4 aromatic rings. The van der Waals surface area contributed by atoms with Crippen LogP contribution in [0.4, 0.5) is 16.2 Å². The quantitative estimate of drug-likeness (QED) is 0.249. The third-order valence-electron chi connectivity index (χ3n) is 8.48. The zero-order valence-electron chi connectivity index (χ0n) is 26.8. The molecule has 0 radical (unpaired) electrons. The van der Waals surface area contributed by atoms with E-state index in [4.69, 9.17) is 14.2 Å². The largest absolute Gasteiger partial charge is 0.486 e. The van der Waals surface area contributed by atoms with Gasteiger partial charge in [-0.15, -0.1) is 0 Å². The van der Waals surface area contributed by atoms with E-state index in [1.54, 1.807) is 60.5 Å². The van der Waals surface area contributed by atoms with Crippen molar-refractivity contribution in [3.05, 3.63) is 78.5 Å². The fraction of sp³-hybridized carbons (Fsp3) is 0.324. The number of nitrogens with one attached hydrogen (secondary N) is 2. The second-order valence-corrected chi connectivity index (χ2v) is 13.9. The standard InChI is InChI=1S/C34H37N5O8S/c1-21-18-39(22(2)20-40)33(41)25-9-5-11-27(37-34(42)36-26-10-4-7-23-8-6-14-35-31(23)26)32(25)47-30(21)19-38(3)48(43,44)24-12-13-28-29(17-24)46-16-15-45-28/h4-14,17,21-22,30,40H,15-16,18-20H2,1-3H3,(H2,36,37,42)/t21-,22+,30+/m1/s1. The topological polar surface area (TPSA) is 160 Å². The van der Waals surface area contributed by atoms with Crippen LogP contribution in [-0.4, -0.2) is 91.8 Å². The summed E-state index contributed by atoms with van der Waals surface area (Å²) in [6.07, 6.45) is 0.867. The lowest BCUT2D eigenvalue weighted by atomic mass is 9.99. The summed E-state index contributed by atoms with van der Waals surface area (Å²) >= 11 is 0. The predicted molar refractivity (Wildman–Crippen MR) is 179 cm³/mol. The van der Waals surface area contributed by atoms with Gasteiger partial charge < -0.3 is 34.9 Å². The van der Waals surface area contributed by atoms with Crippen molar-refractivity contribution in [2.45, 2.75) is 30.9 Å². The first-order valence-corrected chi connectivity index (χ1v) is 17.0. The Kier molecular flexibility index (Phi) is 9.40. The molecule has 0 spiro atoms. The van der Waals surface area contributed by atoms with E-state index < -0.39 is 40.0 Å². The third-order valence-corrected chi connectivity index (χ3v) is 10.3. The van der Waals surface area contributed by atoms with Crippen LogP contribution in [0, 0.1) is 5.92 Å². The number of pyridine rings is 1. The van der Waals surface area contributed by atoms with E-state index in [0.29, 0.717) is 35.9 Å². The molecular weight excluding hydrogens is 638 g/mol. The van der Waals surface area contributed by atoms with Gasteiger partial charge in [0.05, 0.1) is 46.5 Å². The minimum atomic E-state index is -4.01. The Hall–Kier alpha value is -4.92. The average molecular weight is 676 g/mol. The Morgan fingerprint density at radius 1 is 1.04 bits per heavy atom. The van der Waals surface area contributed by atoms with Crippen molar-refractivity contribution in [2.24, 2.45) is 5.92 Å². The number of para-hydroxylation sites is 2. The van der Waals surface area contributed by atoms with E-state index in [-0.39, 0.29) is 41.6 Å². The number of aromatic nitrogens is 1. The van der Waals surface area contributed by atoms with E-state index in [2.05, 4.69) is 15.6 Å². The number of rotatable bonds is 8. The minimum Gasteiger partial charge on any atom is -0.486 e. The molecule has 6 rings (SSSR count). The summed E-state index contributed by atoms with van der Waals surface area (Å²) in [5.41, 5.74) is 1.46. The zero-order valence-corrected chi connectivity index (χ0v) is 27.6. The molecule has 0 bridgehead atoms. The minimum absolute atomic E-state index is 0.0285. The van der Waals surface area contributed by atoms with E-state index in [1.807, 2.05) is 19.1 Å². The van der Waals surface area contributed by atoms with Gasteiger partial charge in [0.25, 0.3) is 5.91 Å². The molecule has 2 aliphatic rings. The summed E-state index contributed by atoms with van der Waals surface area (Å²) in [7, 11) is -2.55. The number of ether oxygens (including phenoxy) is 3. The Morgan fingerprint density at radius 3 is 2.54 bits per heavy atom. The molecule has 0 unspecified atom stereocenters. The maximum Gasteiger partial charge on any atom is 0.323 e. The summed E-state index contributed by atoms with van der Waals surface area (Å²) < 4.78 is 46.4. The van der Waals surface area contributed by atoms with Crippen LogP contribution < -0.4 is 24.8 Å². The van der Waals surface area contributed by atoms with Crippen LogP contribution in [0.2, 0.25) is 0 Å². The van der Waals surface area contributed by atoms with Crippen molar-refractivity contribution >= 4 is 44.2 Å².